The first-order valence-corrected chi connectivity index (χ1v) is 16.4. The van der Waals surface area contributed by atoms with Crippen molar-refractivity contribution in [1.82, 2.24) is 0 Å². The predicted octanol–water partition coefficient (Wildman–Crippen LogP) is 3.83. The van der Waals surface area contributed by atoms with E-state index in [1.54, 1.807) is 0 Å². The van der Waals surface area contributed by atoms with Crippen molar-refractivity contribution in [2.45, 2.75) is 24.2 Å². The quantitative estimate of drug-likeness (QED) is 0.604. The molecule has 0 nitrogen and oxygen atoms in total. The molecule has 0 spiro atoms. The first kappa shape index (κ1) is 11.4. The molecule has 0 heterocycles. The maximum atomic E-state index is 2.48. The minimum absolute atomic E-state index is 1.36. The van der Waals surface area contributed by atoms with Crippen molar-refractivity contribution in [3.8, 4) is 0 Å². The third kappa shape index (κ3) is 4.41. The van der Waals surface area contributed by atoms with Crippen LogP contribution in [0.3, 0.4) is 0 Å². The molecule has 1 aromatic carbocycles. The van der Waals surface area contributed by atoms with E-state index in [0.717, 1.165) is 0 Å². The Hall–Kier alpha value is 0.369. The van der Waals surface area contributed by atoms with Crippen LogP contribution in [0.1, 0.15) is 5.56 Å². The van der Waals surface area contributed by atoms with Crippen LogP contribution in [0.15, 0.2) is 29.2 Å². The molecular weight excluding hydrogens is 283 g/mol. The summed E-state index contributed by atoms with van der Waals surface area (Å²) in [7, 11) is 0. The Bertz CT molecular complexity index is 258. The van der Waals surface area contributed by atoms with E-state index in [1.165, 1.54) is 14.9 Å². The molecule has 72 valence electrons. The summed E-state index contributed by atoms with van der Waals surface area (Å²) in [6.07, 6.45) is 2.12. The number of thioether (sulfide) groups is 1. The van der Waals surface area contributed by atoms with Gasteiger partial charge in [0.15, 0.2) is 0 Å². The van der Waals surface area contributed by atoms with E-state index in [1.807, 2.05) is 11.8 Å². The van der Waals surface area contributed by atoms with Gasteiger partial charge < -0.3 is 0 Å². The molecule has 0 radical (unpaired) electrons. The summed E-state index contributed by atoms with van der Waals surface area (Å²) in [4.78, 5) is 8.82. The second-order valence-electron chi connectivity index (χ2n) is 4.59. The molecular formula is C11H18SSn. The zero-order valence-electron chi connectivity index (χ0n) is 8.92. The molecule has 0 fully saturated rings. The number of hydrogen-bond acceptors (Lipinski definition) is 1. The van der Waals surface area contributed by atoms with Crippen molar-refractivity contribution in [2.24, 2.45) is 0 Å². The summed E-state index contributed by atoms with van der Waals surface area (Å²) in [6, 6.07) is 9.04. The average Bonchev–Trinajstić information content (AvgIpc) is 2.03. The molecule has 0 saturated carbocycles. The summed E-state index contributed by atoms with van der Waals surface area (Å²) in [5, 5.41) is 0. The molecule has 0 atom stereocenters. The van der Waals surface area contributed by atoms with E-state index in [0.29, 0.717) is 0 Å². The van der Waals surface area contributed by atoms with Crippen LogP contribution in [0.25, 0.3) is 0 Å². The molecule has 0 saturated heterocycles. The summed E-state index contributed by atoms with van der Waals surface area (Å²) in [5.41, 5.74) is 1.53. The first-order chi connectivity index (χ1) is 6.01. The Balaban J connectivity index is 2.70. The Morgan fingerprint density at radius 1 is 1.08 bits per heavy atom. The zero-order valence-corrected chi connectivity index (χ0v) is 12.6. The van der Waals surface area contributed by atoms with Gasteiger partial charge in [-0.2, -0.15) is 0 Å². The molecule has 1 aromatic rings. The fourth-order valence-corrected chi connectivity index (χ4v) is 5.93. The fourth-order valence-electron chi connectivity index (χ4n) is 1.36. The topological polar surface area (TPSA) is 0 Å². The van der Waals surface area contributed by atoms with Crippen LogP contribution < -0.4 is 0 Å². The van der Waals surface area contributed by atoms with Crippen LogP contribution in [0.2, 0.25) is 14.8 Å². The summed E-state index contributed by atoms with van der Waals surface area (Å²) < 4.78 is 1.36. The van der Waals surface area contributed by atoms with Gasteiger partial charge in [-0.1, -0.05) is 0 Å². The van der Waals surface area contributed by atoms with E-state index in [4.69, 9.17) is 0 Å². The number of rotatable bonds is 3. The van der Waals surface area contributed by atoms with Gasteiger partial charge in [0.25, 0.3) is 0 Å². The van der Waals surface area contributed by atoms with Crippen molar-refractivity contribution in [2.75, 3.05) is 6.26 Å². The summed E-state index contributed by atoms with van der Waals surface area (Å²) in [5.74, 6) is 0. The molecule has 1 rings (SSSR count). The zero-order chi connectivity index (χ0) is 9.90. The van der Waals surface area contributed by atoms with E-state index >= 15 is 0 Å². The molecule has 0 aliphatic carbocycles. The van der Waals surface area contributed by atoms with Gasteiger partial charge >= 0.3 is 90.4 Å². The molecule has 13 heavy (non-hydrogen) atoms. The van der Waals surface area contributed by atoms with Gasteiger partial charge in [-0.05, 0) is 0 Å². The predicted molar refractivity (Wildman–Crippen MR) is 65.3 cm³/mol. The molecule has 0 amide bonds. The molecule has 0 aliphatic rings. The molecule has 0 aromatic heterocycles. The van der Waals surface area contributed by atoms with Crippen LogP contribution in [-0.4, -0.2) is 24.6 Å². The van der Waals surface area contributed by atoms with Gasteiger partial charge in [-0.3, -0.25) is 0 Å². The Labute approximate surface area is 90.0 Å². The Morgan fingerprint density at radius 3 is 2.00 bits per heavy atom. The molecule has 0 aliphatic heterocycles. The van der Waals surface area contributed by atoms with Gasteiger partial charge in [0, 0.05) is 0 Å². The van der Waals surface area contributed by atoms with Crippen molar-refractivity contribution in [3.05, 3.63) is 29.8 Å². The summed E-state index contributed by atoms with van der Waals surface area (Å²) >= 11 is 0.203. The van der Waals surface area contributed by atoms with Gasteiger partial charge in [0.1, 0.15) is 0 Å². The normalized spacial score (nSPS) is 11.7. The van der Waals surface area contributed by atoms with E-state index < -0.39 is 18.4 Å². The number of benzene rings is 1. The van der Waals surface area contributed by atoms with Crippen LogP contribution in [0.4, 0.5) is 0 Å². The molecule has 0 bridgehead atoms. The Kier molecular flexibility index (Phi) is 4.17. The van der Waals surface area contributed by atoms with Crippen LogP contribution >= 0.6 is 11.8 Å². The SMILES string of the molecule is CSc1ccc([CH2][Sn]([CH3])([CH3])[CH3])cc1. The van der Waals surface area contributed by atoms with Crippen molar-refractivity contribution in [1.29, 1.82) is 0 Å². The van der Waals surface area contributed by atoms with Gasteiger partial charge in [-0.25, -0.2) is 0 Å². The van der Waals surface area contributed by atoms with Crippen molar-refractivity contribution >= 4 is 30.1 Å². The average molecular weight is 301 g/mol. The third-order valence-corrected chi connectivity index (χ3v) is 6.83. The van der Waals surface area contributed by atoms with Crippen molar-refractivity contribution in [3.63, 3.8) is 0 Å². The number of hydrogen-bond donors (Lipinski definition) is 0. The van der Waals surface area contributed by atoms with E-state index in [-0.39, 0.29) is 0 Å². The monoisotopic (exact) mass is 302 g/mol. The van der Waals surface area contributed by atoms with Crippen molar-refractivity contribution < 1.29 is 0 Å². The van der Waals surface area contributed by atoms with Crippen LogP contribution in [0.5, 0.6) is 0 Å². The first-order valence-electron chi connectivity index (χ1n) is 4.64. The second-order valence-corrected chi connectivity index (χ2v) is 21.1. The minimum atomic E-state index is -1.61. The van der Waals surface area contributed by atoms with Gasteiger partial charge in [0.05, 0.1) is 0 Å². The van der Waals surface area contributed by atoms with E-state index in [9.17, 15) is 0 Å². The molecule has 0 unspecified atom stereocenters. The standard InChI is InChI=1S/C8H9S.3CH3.Sn/c1-7-3-5-8(9-2)6-4-7;;;;/h3-6H,1H2,2H3;3*1H3;. The second kappa shape index (κ2) is 4.74. The summed E-state index contributed by atoms with van der Waals surface area (Å²) in [6.45, 7) is 0. The third-order valence-electron chi connectivity index (χ3n) is 1.89. The van der Waals surface area contributed by atoms with Gasteiger partial charge in [-0.15, -0.1) is 0 Å². The van der Waals surface area contributed by atoms with E-state index in [2.05, 4.69) is 45.3 Å². The molecule has 2 heteroatoms. The fraction of sp³-hybridized carbons (Fsp3) is 0.455. The van der Waals surface area contributed by atoms with Gasteiger partial charge in [0.2, 0.25) is 0 Å². The van der Waals surface area contributed by atoms with Crippen LogP contribution in [0, 0.1) is 0 Å². The molecule has 0 N–H and O–H groups in total. The van der Waals surface area contributed by atoms with Crippen LogP contribution in [-0.2, 0) is 4.44 Å². The maximum absolute atomic E-state index is 2.48. The Morgan fingerprint density at radius 2 is 1.62 bits per heavy atom.